The number of nitrogens with zero attached hydrogens (tertiary/aromatic N) is 2. The monoisotopic (exact) mass is 360 g/mol. The fraction of sp³-hybridized carbons (Fsp3) is 0.667. The molecule has 1 aromatic carbocycles. The second-order valence-electron chi connectivity index (χ2n) is 7.64. The van der Waals surface area contributed by atoms with Crippen molar-refractivity contribution in [2.75, 3.05) is 40.4 Å². The predicted octanol–water partition coefficient (Wildman–Crippen LogP) is 3.03. The van der Waals surface area contributed by atoms with Gasteiger partial charge >= 0.3 is 0 Å². The highest BCUT2D eigenvalue weighted by atomic mass is 16.5. The Morgan fingerprint density at radius 2 is 1.81 bits per heavy atom. The maximum atomic E-state index is 12.9. The van der Waals surface area contributed by atoms with Crippen molar-refractivity contribution in [1.82, 2.24) is 9.80 Å². The SMILES string of the molecule is CCC(Oc1ccc(C2(C(=O)N(C)C)CCOCC2)cc1)N1CCCC1. The molecule has 0 bridgehead atoms. The summed E-state index contributed by atoms with van der Waals surface area (Å²) >= 11 is 0. The highest BCUT2D eigenvalue weighted by Gasteiger charge is 2.42. The van der Waals surface area contributed by atoms with Gasteiger partial charge in [-0.2, -0.15) is 0 Å². The second kappa shape index (κ2) is 8.40. The van der Waals surface area contributed by atoms with Crippen LogP contribution in [0.25, 0.3) is 0 Å². The van der Waals surface area contributed by atoms with Gasteiger partial charge in [0.1, 0.15) is 5.75 Å². The molecule has 1 amide bonds. The Labute approximate surface area is 157 Å². The van der Waals surface area contributed by atoms with Crippen molar-refractivity contribution in [3.05, 3.63) is 29.8 Å². The van der Waals surface area contributed by atoms with E-state index in [2.05, 4.69) is 24.0 Å². The van der Waals surface area contributed by atoms with E-state index in [1.165, 1.54) is 12.8 Å². The van der Waals surface area contributed by atoms with Crippen LogP contribution in [0.15, 0.2) is 24.3 Å². The van der Waals surface area contributed by atoms with Crippen LogP contribution < -0.4 is 4.74 Å². The van der Waals surface area contributed by atoms with E-state index in [1.807, 2.05) is 26.2 Å². The standard InChI is InChI=1S/C21H32N2O3/c1-4-19(23-13-5-6-14-23)26-18-9-7-17(8-10-18)21(20(24)22(2)3)11-15-25-16-12-21/h7-10,19H,4-6,11-16H2,1-3H3. The van der Waals surface area contributed by atoms with E-state index in [-0.39, 0.29) is 12.1 Å². The molecule has 0 saturated carbocycles. The van der Waals surface area contributed by atoms with Gasteiger partial charge in [-0.3, -0.25) is 9.69 Å². The maximum absolute atomic E-state index is 12.9. The summed E-state index contributed by atoms with van der Waals surface area (Å²) in [5.74, 6) is 1.05. The lowest BCUT2D eigenvalue weighted by atomic mass is 9.73. The molecule has 1 unspecified atom stereocenters. The molecule has 0 aliphatic carbocycles. The van der Waals surface area contributed by atoms with Gasteiger partial charge in [-0.15, -0.1) is 0 Å². The lowest BCUT2D eigenvalue weighted by Crippen LogP contribution is -2.47. The predicted molar refractivity (Wildman–Crippen MR) is 102 cm³/mol. The van der Waals surface area contributed by atoms with E-state index in [0.29, 0.717) is 13.2 Å². The third-order valence-electron chi connectivity index (χ3n) is 5.74. The molecule has 2 saturated heterocycles. The summed E-state index contributed by atoms with van der Waals surface area (Å²) in [4.78, 5) is 17.1. The van der Waals surface area contributed by atoms with Crippen molar-refractivity contribution >= 4 is 5.91 Å². The van der Waals surface area contributed by atoms with Crippen LogP contribution >= 0.6 is 0 Å². The van der Waals surface area contributed by atoms with Crippen molar-refractivity contribution in [2.45, 2.75) is 50.7 Å². The Bertz CT molecular complexity index is 588. The van der Waals surface area contributed by atoms with Crippen molar-refractivity contribution in [1.29, 1.82) is 0 Å². The van der Waals surface area contributed by atoms with Crippen molar-refractivity contribution in [2.24, 2.45) is 0 Å². The Kier molecular flexibility index (Phi) is 6.20. The Morgan fingerprint density at radius 3 is 2.35 bits per heavy atom. The van der Waals surface area contributed by atoms with Crippen LogP contribution in [0.4, 0.5) is 0 Å². The first-order chi connectivity index (χ1) is 12.6. The number of carbonyl (C=O) groups is 1. The number of ether oxygens (including phenoxy) is 2. The van der Waals surface area contributed by atoms with Gasteiger partial charge in [-0.1, -0.05) is 19.1 Å². The normalized spacial score (nSPS) is 21.3. The topological polar surface area (TPSA) is 42.0 Å². The quantitative estimate of drug-likeness (QED) is 0.782. The number of rotatable bonds is 6. The number of carbonyl (C=O) groups excluding carboxylic acids is 1. The number of hydrogen-bond acceptors (Lipinski definition) is 4. The molecule has 2 heterocycles. The molecule has 3 rings (SSSR count). The van der Waals surface area contributed by atoms with Crippen LogP contribution in [0.1, 0.15) is 44.6 Å². The Hall–Kier alpha value is -1.59. The third kappa shape index (κ3) is 3.89. The van der Waals surface area contributed by atoms with Crippen LogP contribution in [0.2, 0.25) is 0 Å². The van der Waals surface area contributed by atoms with E-state index in [4.69, 9.17) is 9.47 Å². The van der Waals surface area contributed by atoms with Crippen molar-refractivity contribution in [3.63, 3.8) is 0 Å². The number of hydrogen-bond donors (Lipinski definition) is 0. The van der Waals surface area contributed by atoms with Crippen LogP contribution in [0.5, 0.6) is 5.75 Å². The van der Waals surface area contributed by atoms with Crippen LogP contribution in [0.3, 0.4) is 0 Å². The Morgan fingerprint density at radius 1 is 1.19 bits per heavy atom. The number of likely N-dealkylation sites (N-methyl/N-ethyl adjacent to an activating group) is 1. The lowest BCUT2D eigenvalue weighted by molar-refractivity contribution is -0.138. The van der Waals surface area contributed by atoms with Gasteiger partial charge in [0.25, 0.3) is 0 Å². The minimum absolute atomic E-state index is 0.142. The molecule has 1 aromatic rings. The second-order valence-corrected chi connectivity index (χ2v) is 7.64. The van der Waals surface area contributed by atoms with Gasteiger partial charge in [0.05, 0.1) is 5.41 Å². The summed E-state index contributed by atoms with van der Waals surface area (Å²) in [5, 5.41) is 0. The molecule has 0 radical (unpaired) electrons. The fourth-order valence-corrected chi connectivity index (χ4v) is 4.23. The summed E-state index contributed by atoms with van der Waals surface area (Å²) in [7, 11) is 3.66. The molecule has 0 N–H and O–H groups in total. The van der Waals surface area contributed by atoms with Crippen LogP contribution in [-0.2, 0) is 14.9 Å². The van der Waals surface area contributed by atoms with E-state index >= 15 is 0 Å². The van der Waals surface area contributed by atoms with Gasteiger partial charge in [-0.05, 0) is 49.8 Å². The molecule has 0 aromatic heterocycles. The molecule has 1 atom stereocenters. The molecule has 144 valence electrons. The first kappa shape index (κ1) is 19.2. The van der Waals surface area contributed by atoms with Gasteiger partial charge in [0, 0.05) is 40.4 Å². The van der Waals surface area contributed by atoms with E-state index < -0.39 is 5.41 Å². The molecule has 0 spiro atoms. The van der Waals surface area contributed by atoms with Gasteiger partial charge < -0.3 is 14.4 Å². The number of benzene rings is 1. The summed E-state index contributed by atoms with van der Waals surface area (Å²) in [6.07, 6.45) is 5.10. The molecule has 5 heteroatoms. The summed E-state index contributed by atoms with van der Waals surface area (Å²) in [6.45, 7) is 5.67. The largest absolute Gasteiger partial charge is 0.475 e. The molecular weight excluding hydrogens is 328 g/mol. The van der Waals surface area contributed by atoms with Crippen LogP contribution in [0, 0.1) is 0 Å². The summed E-state index contributed by atoms with van der Waals surface area (Å²) in [5.41, 5.74) is 0.598. The van der Waals surface area contributed by atoms with Crippen LogP contribution in [-0.4, -0.2) is 62.3 Å². The van der Waals surface area contributed by atoms with Gasteiger partial charge in [-0.25, -0.2) is 0 Å². The average Bonchev–Trinajstić information content (AvgIpc) is 3.21. The van der Waals surface area contributed by atoms with Crippen molar-refractivity contribution < 1.29 is 14.3 Å². The highest BCUT2D eigenvalue weighted by molar-refractivity contribution is 5.88. The number of amides is 1. The van der Waals surface area contributed by atoms with Gasteiger partial charge in [0.2, 0.25) is 5.91 Å². The first-order valence-corrected chi connectivity index (χ1v) is 9.87. The molecule has 2 fully saturated rings. The lowest BCUT2D eigenvalue weighted by Gasteiger charge is -2.38. The van der Waals surface area contributed by atoms with E-state index in [9.17, 15) is 4.79 Å². The minimum Gasteiger partial charge on any atom is -0.475 e. The van der Waals surface area contributed by atoms with Crippen molar-refractivity contribution in [3.8, 4) is 5.75 Å². The highest BCUT2D eigenvalue weighted by Crippen LogP contribution is 2.37. The minimum atomic E-state index is -0.473. The maximum Gasteiger partial charge on any atom is 0.232 e. The average molecular weight is 360 g/mol. The summed E-state index contributed by atoms with van der Waals surface area (Å²) in [6, 6.07) is 8.18. The molecule has 5 nitrogen and oxygen atoms in total. The molecule has 26 heavy (non-hydrogen) atoms. The zero-order chi connectivity index (χ0) is 18.6. The van der Waals surface area contributed by atoms with E-state index in [0.717, 1.165) is 43.7 Å². The third-order valence-corrected chi connectivity index (χ3v) is 5.74. The smallest absolute Gasteiger partial charge is 0.232 e. The summed E-state index contributed by atoms with van der Waals surface area (Å²) < 4.78 is 11.8. The zero-order valence-electron chi connectivity index (χ0n) is 16.4. The zero-order valence-corrected chi connectivity index (χ0v) is 16.4. The van der Waals surface area contributed by atoms with Gasteiger partial charge in [0.15, 0.2) is 6.23 Å². The Balaban J connectivity index is 1.77. The fourth-order valence-electron chi connectivity index (χ4n) is 4.23. The number of likely N-dealkylation sites (tertiary alicyclic amines) is 1. The molecule has 2 aliphatic heterocycles. The first-order valence-electron chi connectivity index (χ1n) is 9.87. The van der Waals surface area contributed by atoms with E-state index in [1.54, 1.807) is 4.90 Å². The molecule has 2 aliphatic rings. The molecular formula is C21H32N2O3.